The number of nitrogens with zero attached hydrogens (tertiary/aromatic N) is 6. The summed E-state index contributed by atoms with van der Waals surface area (Å²) in [5.74, 6) is 0.462. The van der Waals surface area contributed by atoms with E-state index in [4.69, 9.17) is 4.74 Å². The molecule has 2 aromatic carbocycles. The van der Waals surface area contributed by atoms with Gasteiger partial charge >= 0.3 is 0 Å². The summed E-state index contributed by atoms with van der Waals surface area (Å²) < 4.78 is 33.4. The van der Waals surface area contributed by atoms with Crippen LogP contribution in [0.1, 0.15) is 40.5 Å². The van der Waals surface area contributed by atoms with Crippen LogP contribution in [0.25, 0.3) is 0 Å². The zero-order chi connectivity index (χ0) is 32.6. The van der Waals surface area contributed by atoms with E-state index in [1.165, 1.54) is 15.4 Å². The molecule has 6 rings (SSSR count). The van der Waals surface area contributed by atoms with Crippen LogP contribution >= 0.6 is 0 Å². The fourth-order valence-electron chi connectivity index (χ4n) is 6.51. The second-order valence-electron chi connectivity index (χ2n) is 12.1. The van der Waals surface area contributed by atoms with Gasteiger partial charge in [0.15, 0.2) is 0 Å². The minimum absolute atomic E-state index is 0.0253. The summed E-state index contributed by atoms with van der Waals surface area (Å²) in [6.07, 6.45) is 4.51. The molecule has 244 valence electrons. The number of sulfonamides is 1. The highest BCUT2D eigenvalue weighted by Gasteiger charge is 2.34. The topological polar surface area (TPSA) is 119 Å². The third-order valence-corrected chi connectivity index (χ3v) is 10.1. The smallest absolute Gasteiger partial charge is 0.260 e. The van der Waals surface area contributed by atoms with E-state index in [-0.39, 0.29) is 28.8 Å². The van der Waals surface area contributed by atoms with Gasteiger partial charge in [-0.3, -0.25) is 14.5 Å². The van der Waals surface area contributed by atoms with Crippen molar-refractivity contribution in [2.75, 3.05) is 80.7 Å². The number of benzene rings is 2. The summed E-state index contributed by atoms with van der Waals surface area (Å²) in [4.78, 5) is 39.6. The lowest BCUT2D eigenvalue weighted by atomic mass is 10.0. The molecule has 1 aromatic heterocycles. The van der Waals surface area contributed by atoms with Gasteiger partial charge in [-0.1, -0.05) is 12.1 Å². The van der Waals surface area contributed by atoms with E-state index in [9.17, 15) is 18.0 Å². The van der Waals surface area contributed by atoms with Crippen LogP contribution in [-0.2, 0) is 10.0 Å². The van der Waals surface area contributed by atoms with Crippen molar-refractivity contribution in [1.82, 2.24) is 19.7 Å². The number of anilines is 5. The van der Waals surface area contributed by atoms with Crippen molar-refractivity contribution >= 4 is 50.4 Å². The lowest BCUT2D eigenvalue weighted by Gasteiger charge is -2.42. The number of piperazine rings is 1. The van der Waals surface area contributed by atoms with E-state index in [1.54, 1.807) is 55.6 Å². The standard InChI is InChI=1S/C33H41N7O5S/c1-5-45-30-20-23(32(41)39-14-12-24(13-15-39)38-18-16-36(2)17-19-38)10-11-26(30)35-31-21-28-29(22-34-31)37(3)33(42)25-8-6-7-9-27(25)40(28)46(4,43)44/h6-11,20-22,24H,5,12-19H2,1-4H3,(H,34,35). The quantitative estimate of drug-likeness (QED) is 0.409. The van der Waals surface area contributed by atoms with Gasteiger partial charge in [0.1, 0.15) is 11.6 Å². The first-order chi connectivity index (χ1) is 22.0. The summed E-state index contributed by atoms with van der Waals surface area (Å²) in [6.45, 7) is 8.01. The highest BCUT2D eigenvalue weighted by molar-refractivity contribution is 7.92. The molecule has 0 spiro atoms. The molecule has 0 unspecified atom stereocenters. The highest BCUT2D eigenvalue weighted by atomic mass is 32.2. The number of ether oxygens (including phenoxy) is 1. The summed E-state index contributed by atoms with van der Waals surface area (Å²) >= 11 is 0. The van der Waals surface area contributed by atoms with Crippen LogP contribution < -0.4 is 19.3 Å². The molecule has 13 heteroatoms. The number of rotatable bonds is 7. The Balaban J connectivity index is 1.24. The number of aromatic nitrogens is 1. The van der Waals surface area contributed by atoms with Crippen LogP contribution in [0, 0.1) is 0 Å². The minimum atomic E-state index is -3.84. The number of carbonyl (C=O) groups is 2. The van der Waals surface area contributed by atoms with Gasteiger partial charge in [-0.25, -0.2) is 17.7 Å². The van der Waals surface area contributed by atoms with Gasteiger partial charge in [-0.2, -0.15) is 0 Å². The molecule has 0 saturated carbocycles. The van der Waals surface area contributed by atoms with Crippen LogP contribution in [0.2, 0.25) is 0 Å². The number of amides is 2. The van der Waals surface area contributed by atoms with Crippen molar-refractivity contribution in [3.05, 3.63) is 65.9 Å². The van der Waals surface area contributed by atoms with Crippen molar-refractivity contribution in [3.63, 3.8) is 0 Å². The fraction of sp³-hybridized carbons (Fsp3) is 0.424. The van der Waals surface area contributed by atoms with Gasteiger partial charge in [0.25, 0.3) is 11.8 Å². The predicted octanol–water partition coefficient (Wildman–Crippen LogP) is 3.76. The Morgan fingerprint density at radius 3 is 2.37 bits per heavy atom. The van der Waals surface area contributed by atoms with E-state index in [0.29, 0.717) is 41.2 Å². The summed E-state index contributed by atoms with van der Waals surface area (Å²) in [5, 5.41) is 3.25. The van der Waals surface area contributed by atoms with Crippen LogP contribution in [0.3, 0.4) is 0 Å². The van der Waals surface area contributed by atoms with Gasteiger partial charge in [0, 0.05) is 64.0 Å². The maximum atomic E-state index is 13.6. The molecule has 4 heterocycles. The number of hydrogen-bond acceptors (Lipinski definition) is 9. The number of nitrogens with one attached hydrogen (secondary N) is 1. The Bertz CT molecular complexity index is 1730. The van der Waals surface area contributed by atoms with Crippen LogP contribution in [0.5, 0.6) is 5.75 Å². The zero-order valence-electron chi connectivity index (χ0n) is 26.8. The first-order valence-electron chi connectivity index (χ1n) is 15.7. The number of likely N-dealkylation sites (N-methyl/N-ethyl adjacent to an activating group) is 1. The number of hydrogen-bond donors (Lipinski definition) is 1. The Labute approximate surface area is 270 Å². The van der Waals surface area contributed by atoms with Gasteiger partial charge in [0.05, 0.1) is 47.4 Å². The highest BCUT2D eigenvalue weighted by Crippen LogP contribution is 2.43. The van der Waals surface area contributed by atoms with Gasteiger partial charge < -0.3 is 24.8 Å². The van der Waals surface area contributed by atoms with E-state index in [1.807, 2.05) is 11.8 Å². The van der Waals surface area contributed by atoms with Crippen molar-refractivity contribution in [1.29, 1.82) is 0 Å². The summed E-state index contributed by atoms with van der Waals surface area (Å²) in [6, 6.07) is 14.0. The molecule has 2 fully saturated rings. The number of para-hydroxylation sites is 1. The Morgan fingerprint density at radius 2 is 1.67 bits per heavy atom. The molecular formula is C33H41N7O5S. The SMILES string of the molecule is CCOc1cc(C(=O)N2CCC(N3CCN(C)CC3)CC2)ccc1Nc1cc2c(cn1)N(C)C(=O)c1ccccc1N2S(C)(=O)=O. The monoisotopic (exact) mass is 647 g/mol. The molecule has 0 aliphatic carbocycles. The average molecular weight is 648 g/mol. The maximum Gasteiger partial charge on any atom is 0.260 e. The summed E-state index contributed by atoms with van der Waals surface area (Å²) in [5.41, 5.74) is 2.28. The number of carbonyl (C=O) groups excluding carboxylic acids is 2. The van der Waals surface area contributed by atoms with E-state index in [2.05, 4.69) is 27.1 Å². The van der Waals surface area contributed by atoms with Gasteiger partial charge in [-0.05, 0) is 57.1 Å². The number of fused-ring (bicyclic) bond motifs is 2. The van der Waals surface area contributed by atoms with E-state index in [0.717, 1.165) is 58.4 Å². The van der Waals surface area contributed by atoms with Crippen molar-refractivity contribution in [3.8, 4) is 5.75 Å². The molecule has 0 bridgehead atoms. The molecule has 46 heavy (non-hydrogen) atoms. The Morgan fingerprint density at radius 1 is 0.957 bits per heavy atom. The Hall–Kier alpha value is -4.20. The first kappa shape index (κ1) is 31.8. The molecule has 3 aliphatic rings. The van der Waals surface area contributed by atoms with E-state index >= 15 is 0 Å². The van der Waals surface area contributed by atoms with Crippen LogP contribution in [-0.4, -0.2) is 112 Å². The maximum absolute atomic E-state index is 13.6. The van der Waals surface area contributed by atoms with Crippen molar-refractivity contribution < 1.29 is 22.7 Å². The molecule has 2 saturated heterocycles. The third-order valence-electron chi connectivity index (χ3n) is 9.03. The number of likely N-dealkylation sites (tertiary alicyclic amines) is 1. The Kier molecular flexibility index (Phi) is 8.90. The molecule has 2 amide bonds. The van der Waals surface area contributed by atoms with Gasteiger partial charge in [-0.15, -0.1) is 0 Å². The zero-order valence-corrected chi connectivity index (χ0v) is 27.6. The first-order valence-corrected chi connectivity index (χ1v) is 17.5. The predicted molar refractivity (Wildman–Crippen MR) is 179 cm³/mol. The molecule has 12 nitrogen and oxygen atoms in total. The molecule has 3 aliphatic heterocycles. The number of piperidine rings is 1. The normalized spacial score (nSPS) is 18.2. The minimum Gasteiger partial charge on any atom is -0.492 e. The van der Waals surface area contributed by atoms with Crippen LogP contribution in [0.15, 0.2) is 54.7 Å². The second kappa shape index (κ2) is 12.9. The second-order valence-corrected chi connectivity index (χ2v) is 13.9. The van der Waals surface area contributed by atoms with Crippen molar-refractivity contribution in [2.24, 2.45) is 0 Å². The molecule has 0 radical (unpaired) electrons. The lowest BCUT2D eigenvalue weighted by Crippen LogP contribution is -2.52. The number of pyridine rings is 1. The van der Waals surface area contributed by atoms with E-state index < -0.39 is 10.0 Å². The fourth-order valence-corrected chi connectivity index (χ4v) is 7.53. The molecule has 3 aromatic rings. The average Bonchev–Trinajstić information content (AvgIpc) is 3.14. The largest absolute Gasteiger partial charge is 0.492 e. The molecular weight excluding hydrogens is 606 g/mol. The molecule has 0 atom stereocenters. The third kappa shape index (κ3) is 6.26. The molecule has 1 N–H and O–H groups in total. The van der Waals surface area contributed by atoms with Gasteiger partial charge in [0.2, 0.25) is 10.0 Å². The summed E-state index contributed by atoms with van der Waals surface area (Å²) in [7, 11) is -0.0856. The lowest BCUT2D eigenvalue weighted by molar-refractivity contribution is 0.0518. The van der Waals surface area contributed by atoms with Crippen molar-refractivity contribution in [2.45, 2.75) is 25.8 Å². The van der Waals surface area contributed by atoms with Crippen LogP contribution in [0.4, 0.5) is 28.6 Å².